The first-order valence-corrected chi connectivity index (χ1v) is 16.3. The minimum atomic E-state index is 0.629. The van der Waals surface area contributed by atoms with Crippen molar-refractivity contribution in [1.29, 1.82) is 0 Å². The summed E-state index contributed by atoms with van der Waals surface area (Å²) in [5.41, 5.74) is 9.25. The van der Waals surface area contributed by atoms with Crippen LogP contribution >= 0.6 is 15.9 Å². The van der Waals surface area contributed by atoms with Crippen LogP contribution in [-0.2, 0) is 6.54 Å². The number of benzene rings is 6. The lowest BCUT2D eigenvalue weighted by molar-refractivity contribution is 0.831. The molecule has 0 atom stereocenters. The molecule has 0 aliphatic carbocycles. The van der Waals surface area contributed by atoms with Crippen molar-refractivity contribution >= 4 is 27.0 Å². The van der Waals surface area contributed by atoms with Gasteiger partial charge in [-0.05, 0) is 41.0 Å². The molecule has 0 fully saturated rings. The van der Waals surface area contributed by atoms with Crippen molar-refractivity contribution in [2.75, 3.05) is 0 Å². The fourth-order valence-electron chi connectivity index (χ4n) is 5.85. The molecule has 6 aromatic carbocycles. The van der Waals surface area contributed by atoms with Gasteiger partial charge in [0, 0.05) is 26.7 Å². The van der Waals surface area contributed by atoms with Gasteiger partial charge in [-0.25, -0.2) is 19.9 Å². The van der Waals surface area contributed by atoms with Crippen LogP contribution in [0.3, 0.4) is 0 Å². The van der Waals surface area contributed by atoms with Gasteiger partial charge >= 0.3 is 0 Å². The van der Waals surface area contributed by atoms with Crippen LogP contribution in [0.15, 0.2) is 162 Å². The average molecular weight is 671 g/mol. The van der Waals surface area contributed by atoms with Gasteiger partial charge in [0.05, 0.1) is 17.6 Å². The minimum absolute atomic E-state index is 0.629. The number of nitrogens with zero attached hydrogens (tertiary/aromatic N) is 5. The zero-order valence-electron chi connectivity index (χ0n) is 25.3. The van der Waals surface area contributed by atoms with Crippen molar-refractivity contribution in [2.24, 2.45) is 0 Å². The molecule has 0 aliphatic rings. The predicted octanol–water partition coefficient (Wildman–Crippen LogP) is 10.4. The quantitative estimate of drug-likeness (QED) is 0.169. The second kappa shape index (κ2) is 12.6. The molecular formula is C41H28BrN5. The minimum Gasteiger partial charge on any atom is -0.319 e. The number of hydrogen-bond acceptors (Lipinski definition) is 4. The van der Waals surface area contributed by atoms with E-state index < -0.39 is 0 Å². The Kier molecular flexibility index (Phi) is 7.69. The van der Waals surface area contributed by atoms with E-state index in [1.807, 2.05) is 72.8 Å². The van der Waals surface area contributed by atoms with Gasteiger partial charge in [-0.1, -0.05) is 149 Å². The topological polar surface area (TPSA) is 56.5 Å². The predicted molar refractivity (Wildman–Crippen MR) is 194 cm³/mol. The summed E-state index contributed by atoms with van der Waals surface area (Å²) in [6, 6.07) is 53.7. The van der Waals surface area contributed by atoms with Gasteiger partial charge in [0.1, 0.15) is 5.82 Å². The zero-order valence-corrected chi connectivity index (χ0v) is 26.9. The van der Waals surface area contributed by atoms with Gasteiger partial charge in [0.25, 0.3) is 0 Å². The van der Waals surface area contributed by atoms with E-state index in [1.54, 1.807) is 0 Å². The lowest BCUT2D eigenvalue weighted by Crippen LogP contribution is -2.03. The number of hydrogen-bond donors (Lipinski definition) is 0. The van der Waals surface area contributed by atoms with Crippen molar-refractivity contribution < 1.29 is 0 Å². The van der Waals surface area contributed by atoms with E-state index in [4.69, 9.17) is 19.9 Å². The zero-order chi connectivity index (χ0) is 31.6. The lowest BCUT2D eigenvalue weighted by atomic mass is 10.0. The molecule has 224 valence electrons. The van der Waals surface area contributed by atoms with Crippen LogP contribution in [0.1, 0.15) is 5.56 Å². The molecule has 0 amide bonds. The Morgan fingerprint density at radius 2 is 0.936 bits per heavy atom. The number of aromatic nitrogens is 5. The van der Waals surface area contributed by atoms with Crippen molar-refractivity contribution in [3.8, 4) is 56.7 Å². The first-order valence-electron chi connectivity index (χ1n) is 15.5. The number of halogens is 1. The highest BCUT2D eigenvalue weighted by molar-refractivity contribution is 9.10. The van der Waals surface area contributed by atoms with Crippen molar-refractivity contribution in [3.05, 3.63) is 168 Å². The fraction of sp³-hybridized carbons (Fsp3) is 0.0244. The summed E-state index contributed by atoms with van der Waals surface area (Å²) < 4.78 is 3.38. The Morgan fingerprint density at radius 3 is 1.57 bits per heavy atom. The second-order valence-electron chi connectivity index (χ2n) is 11.3. The normalized spacial score (nSPS) is 11.2. The van der Waals surface area contributed by atoms with E-state index >= 15 is 0 Å². The van der Waals surface area contributed by atoms with Crippen LogP contribution in [0.25, 0.3) is 67.7 Å². The Morgan fingerprint density at radius 1 is 0.426 bits per heavy atom. The third kappa shape index (κ3) is 5.87. The number of rotatable bonds is 7. The van der Waals surface area contributed by atoms with E-state index in [1.165, 1.54) is 5.56 Å². The highest BCUT2D eigenvalue weighted by Crippen LogP contribution is 2.33. The van der Waals surface area contributed by atoms with E-state index in [-0.39, 0.29) is 0 Å². The Bertz CT molecular complexity index is 2280. The third-order valence-corrected chi connectivity index (χ3v) is 8.99. The largest absolute Gasteiger partial charge is 0.319 e. The summed E-state index contributed by atoms with van der Waals surface area (Å²) in [4.78, 5) is 19.9. The van der Waals surface area contributed by atoms with E-state index in [9.17, 15) is 0 Å². The molecule has 5 nitrogen and oxygen atoms in total. The summed E-state index contributed by atoms with van der Waals surface area (Å²) in [5, 5.41) is 0. The standard InChI is InChI=1S/C41H28BrN5/c42-35-22-11-10-19-34(35)27-47-37-24-23-32(26-36(37)43-41(47)30-17-8-3-9-18-30)31-20-12-21-33(25-31)40-45-38(28-13-4-1-5-14-28)44-39(46-40)29-15-6-2-7-16-29/h1-26H,27H2. The van der Waals surface area contributed by atoms with Crippen LogP contribution < -0.4 is 0 Å². The fourth-order valence-corrected chi connectivity index (χ4v) is 6.26. The molecule has 0 saturated carbocycles. The van der Waals surface area contributed by atoms with Crippen LogP contribution in [0, 0.1) is 0 Å². The maximum absolute atomic E-state index is 5.18. The maximum atomic E-state index is 5.18. The molecule has 0 unspecified atom stereocenters. The molecule has 0 bridgehead atoms. The molecule has 0 spiro atoms. The Labute approximate surface area is 281 Å². The van der Waals surface area contributed by atoms with Crippen LogP contribution in [0.5, 0.6) is 0 Å². The number of imidazole rings is 1. The van der Waals surface area contributed by atoms with Gasteiger partial charge in [-0.2, -0.15) is 0 Å². The molecule has 8 rings (SSSR count). The monoisotopic (exact) mass is 669 g/mol. The molecule has 0 N–H and O–H groups in total. The molecule has 0 aliphatic heterocycles. The highest BCUT2D eigenvalue weighted by Gasteiger charge is 2.16. The van der Waals surface area contributed by atoms with Crippen molar-refractivity contribution in [3.63, 3.8) is 0 Å². The Hall–Kier alpha value is -5.72. The molecule has 0 radical (unpaired) electrons. The van der Waals surface area contributed by atoms with Gasteiger partial charge in [-0.3, -0.25) is 0 Å². The van der Waals surface area contributed by atoms with Gasteiger partial charge in [-0.15, -0.1) is 0 Å². The average Bonchev–Trinajstić information content (AvgIpc) is 3.51. The molecule has 0 saturated heterocycles. The smallest absolute Gasteiger partial charge is 0.164 e. The first-order chi connectivity index (χ1) is 23.2. The highest BCUT2D eigenvalue weighted by atomic mass is 79.9. The SMILES string of the molecule is Brc1ccccc1Cn1c(-c2ccccc2)nc2cc(-c3cccc(-c4nc(-c5ccccc5)nc(-c5ccccc5)n4)c3)ccc21. The van der Waals surface area contributed by atoms with Gasteiger partial charge in [0.2, 0.25) is 0 Å². The van der Waals surface area contributed by atoms with E-state index in [2.05, 4.69) is 105 Å². The molecule has 47 heavy (non-hydrogen) atoms. The van der Waals surface area contributed by atoms with E-state index in [0.29, 0.717) is 24.0 Å². The van der Waals surface area contributed by atoms with Crippen LogP contribution in [0.2, 0.25) is 0 Å². The third-order valence-electron chi connectivity index (χ3n) is 8.22. The molecule has 2 heterocycles. The summed E-state index contributed by atoms with van der Waals surface area (Å²) in [7, 11) is 0. The molecule has 6 heteroatoms. The first kappa shape index (κ1) is 28.7. The lowest BCUT2D eigenvalue weighted by Gasteiger charge is -2.11. The summed E-state index contributed by atoms with van der Waals surface area (Å²) >= 11 is 3.74. The van der Waals surface area contributed by atoms with Crippen LogP contribution in [-0.4, -0.2) is 24.5 Å². The van der Waals surface area contributed by atoms with Gasteiger partial charge in [0.15, 0.2) is 17.5 Å². The number of fused-ring (bicyclic) bond motifs is 1. The molecular weight excluding hydrogens is 642 g/mol. The summed E-state index contributed by atoms with van der Waals surface area (Å²) in [5.74, 6) is 2.86. The van der Waals surface area contributed by atoms with Crippen LogP contribution in [0.4, 0.5) is 0 Å². The van der Waals surface area contributed by atoms with E-state index in [0.717, 1.165) is 54.7 Å². The second-order valence-corrected chi connectivity index (χ2v) is 12.2. The summed E-state index contributed by atoms with van der Waals surface area (Å²) in [6.45, 7) is 0.698. The Balaban J connectivity index is 1.22. The van der Waals surface area contributed by atoms with Crippen molar-refractivity contribution in [1.82, 2.24) is 24.5 Å². The molecule has 8 aromatic rings. The summed E-state index contributed by atoms with van der Waals surface area (Å²) in [6.07, 6.45) is 0. The maximum Gasteiger partial charge on any atom is 0.164 e. The molecule has 2 aromatic heterocycles. The van der Waals surface area contributed by atoms with Gasteiger partial charge < -0.3 is 4.57 Å². The van der Waals surface area contributed by atoms with Crippen molar-refractivity contribution in [2.45, 2.75) is 6.54 Å².